The molecule has 0 aromatic carbocycles. The minimum absolute atomic E-state index is 0.0131. The van der Waals surface area contributed by atoms with E-state index < -0.39 is 0 Å². The molecular formula is C13H22ClN3O. The Balaban J connectivity index is 2.71. The van der Waals surface area contributed by atoms with Crippen LogP contribution < -0.4 is 5.32 Å². The molecule has 102 valence electrons. The lowest BCUT2D eigenvalue weighted by Gasteiger charge is -2.17. The molecule has 0 saturated carbocycles. The van der Waals surface area contributed by atoms with Gasteiger partial charge in [-0.05, 0) is 24.8 Å². The first-order chi connectivity index (χ1) is 8.47. The van der Waals surface area contributed by atoms with E-state index >= 15 is 0 Å². The van der Waals surface area contributed by atoms with Gasteiger partial charge in [0, 0.05) is 19.0 Å². The van der Waals surface area contributed by atoms with Gasteiger partial charge in [0.2, 0.25) is 0 Å². The number of alkyl halides is 1. The zero-order valence-electron chi connectivity index (χ0n) is 11.5. The van der Waals surface area contributed by atoms with Crippen molar-refractivity contribution >= 4 is 17.5 Å². The number of carbonyl (C=O) groups excluding carboxylic acids is 1. The predicted octanol–water partition coefficient (Wildman–Crippen LogP) is 2.37. The van der Waals surface area contributed by atoms with Gasteiger partial charge in [0.25, 0.3) is 5.91 Å². The van der Waals surface area contributed by atoms with Crippen molar-refractivity contribution in [2.45, 2.75) is 39.7 Å². The summed E-state index contributed by atoms with van der Waals surface area (Å²) in [6.45, 7) is 6.25. The van der Waals surface area contributed by atoms with Gasteiger partial charge in [0.1, 0.15) is 5.69 Å². The molecule has 0 aliphatic carbocycles. The molecule has 1 aromatic heterocycles. The summed E-state index contributed by atoms with van der Waals surface area (Å²) in [5, 5.41) is 7.23. The van der Waals surface area contributed by atoms with Gasteiger partial charge in [-0.2, -0.15) is 5.10 Å². The predicted molar refractivity (Wildman–Crippen MR) is 74.0 cm³/mol. The Morgan fingerprint density at radius 1 is 1.56 bits per heavy atom. The number of aryl methyl sites for hydroxylation is 2. The molecule has 0 aliphatic rings. The van der Waals surface area contributed by atoms with E-state index in [0.29, 0.717) is 17.5 Å². The van der Waals surface area contributed by atoms with Crippen LogP contribution in [0.4, 0.5) is 0 Å². The molecule has 0 saturated heterocycles. The molecule has 4 nitrogen and oxygen atoms in total. The van der Waals surface area contributed by atoms with Crippen LogP contribution in [-0.2, 0) is 13.5 Å². The van der Waals surface area contributed by atoms with Crippen LogP contribution in [-0.4, -0.2) is 27.6 Å². The van der Waals surface area contributed by atoms with Crippen molar-refractivity contribution in [1.82, 2.24) is 15.1 Å². The summed E-state index contributed by atoms with van der Waals surface area (Å²) < 4.78 is 1.62. The lowest BCUT2D eigenvalue weighted by molar-refractivity contribution is 0.0927. The van der Waals surface area contributed by atoms with Crippen molar-refractivity contribution in [2.24, 2.45) is 13.0 Å². The number of carbonyl (C=O) groups is 1. The highest BCUT2D eigenvalue weighted by molar-refractivity contribution is 6.18. The summed E-state index contributed by atoms with van der Waals surface area (Å²) in [7, 11) is 1.78. The third-order valence-corrected chi connectivity index (χ3v) is 3.18. The third-order valence-electron chi connectivity index (χ3n) is 2.80. The molecule has 18 heavy (non-hydrogen) atoms. The second-order valence-corrected chi connectivity index (χ2v) is 5.26. The van der Waals surface area contributed by atoms with Crippen LogP contribution >= 0.6 is 11.6 Å². The molecule has 1 N–H and O–H groups in total. The minimum Gasteiger partial charge on any atom is -0.347 e. The Morgan fingerprint density at radius 3 is 2.67 bits per heavy atom. The number of aromatic nitrogens is 2. The van der Waals surface area contributed by atoms with Gasteiger partial charge in [-0.3, -0.25) is 9.48 Å². The summed E-state index contributed by atoms with van der Waals surface area (Å²) in [5.74, 6) is 0.838. The van der Waals surface area contributed by atoms with Crippen molar-refractivity contribution in [3.63, 3.8) is 0 Å². The second-order valence-electron chi connectivity index (χ2n) is 4.95. The van der Waals surface area contributed by atoms with Crippen LogP contribution in [0.5, 0.6) is 0 Å². The molecule has 1 atom stereocenters. The van der Waals surface area contributed by atoms with Crippen LogP contribution in [0.3, 0.4) is 0 Å². The monoisotopic (exact) mass is 271 g/mol. The van der Waals surface area contributed by atoms with Crippen LogP contribution in [0.25, 0.3) is 0 Å². The maximum atomic E-state index is 12.1. The van der Waals surface area contributed by atoms with Gasteiger partial charge >= 0.3 is 0 Å². The molecule has 1 rings (SSSR count). The second kappa shape index (κ2) is 6.78. The lowest BCUT2D eigenvalue weighted by Crippen LogP contribution is -2.38. The molecule has 1 heterocycles. The number of halogens is 1. The lowest BCUT2D eigenvalue weighted by atomic mass is 10.1. The van der Waals surface area contributed by atoms with Crippen LogP contribution in [0.2, 0.25) is 0 Å². The topological polar surface area (TPSA) is 46.9 Å². The van der Waals surface area contributed by atoms with E-state index in [-0.39, 0.29) is 11.9 Å². The normalized spacial score (nSPS) is 12.8. The average Bonchev–Trinajstić information content (AvgIpc) is 2.69. The third kappa shape index (κ3) is 4.02. The van der Waals surface area contributed by atoms with E-state index in [1.807, 2.05) is 13.0 Å². The number of amides is 1. The molecule has 0 radical (unpaired) electrons. The molecule has 0 bridgehead atoms. The molecule has 1 amide bonds. The number of rotatable bonds is 6. The van der Waals surface area contributed by atoms with Gasteiger partial charge in [0.15, 0.2) is 0 Å². The van der Waals surface area contributed by atoms with Gasteiger partial charge < -0.3 is 5.32 Å². The Hall–Kier alpha value is -1.03. The number of nitrogens with zero attached hydrogens (tertiary/aromatic N) is 2. The smallest absolute Gasteiger partial charge is 0.269 e. The fourth-order valence-electron chi connectivity index (χ4n) is 1.90. The molecule has 1 aromatic rings. The quantitative estimate of drug-likeness (QED) is 0.808. The molecular weight excluding hydrogens is 250 g/mol. The SMILES string of the molecule is CCc1cc(C(=O)NC(CCl)CC(C)C)n(C)n1. The first kappa shape index (κ1) is 15.0. The van der Waals surface area contributed by atoms with Crippen molar-refractivity contribution in [2.75, 3.05) is 5.88 Å². The number of hydrogen-bond donors (Lipinski definition) is 1. The Labute approximate surface area is 114 Å². The molecule has 5 heteroatoms. The fraction of sp³-hybridized carbons (Fsp3) is 0.692. The molecule has 0 fully saturated rings. The summed E-state index contributed by atoms with van der Waals surface area (Å²) in [6, 6.07) is 1.84. The zero-order valence-corrected chi connectivity index (χ0v) is 12.3. The average molecular weight is 272 g/mol. The van der Waals surface area contributed by atoms with Gasteiger partial charge in [-0.25, -0.2) is 0 Å². The van der Waals surface area contributed by atoms with Crippen LogP contribution in [0, 0.1) is 5.92 Å². The van der Waals surface area contributed by atoms with Gasteiger partial charge in [-0.1, -0.05) is 20.8 Å². The number of nitrogens with one attached hydrogen (secondary N) is 1. The molecule has 1 unspecified atom stereocenters. The van der Waals surface area contributed by atoms with Gasteiger partial charge in [-0.15, -0.1) is 11.6 Å². The largest absolute Gasteiger partial charge is 0.347 e. The first-order valence-corrected chi connectivity index (χ1v) is 6.91. The van der Waals surface area contributed by atoms with E-state index in [1.165, 1.54) is 0 Å². The maximum absolute atomic E-state index is 12.1. The Kier molecular flexibility index (Phi) is 5.66. The standard InChI is InChI=1S/C13H22ClN3O/c1-5-10-7-12(17(4)16-10)13(18)15-11(8-14)6-9(2)3/h7,9,11H,5-6,8H2,1-4H3,(H,15,18). The van der Waals surface area contributed by atoms with Gasteiger partial charge in [0.05, 0.1) is 5.69 Å². The highest BCUT2D eigenvalue weighted by Crippen LogP contribution is 2.09. The van der Waals surface area contributed by atoms with Crippen molar-refractivity contribution in [3.8, 4) is 0 Å². The van der Waals surface area contributed by atoms with E-state index in [1.54, 1.807) is 11.7 Å². The number of hydrogen-bond acceptors (Lipinski definition) is 2. The van der Waals surface area contributed by atoms with Crippen molar-refractivity contribution in [1.29, 1.82) is 0 Å². The van der Waals surface area contributed by atoms with E-state index in [2.05, 4.69) is 24.3 Å². The summed E-state index contributed by atoms with van der Waals surface area (Å²) in [5.41, 5.74) is 1.51. The molecule has 0 spiro atoms. The highest BCUT2D eigenvalue weighted by Gasteiger charge is 2.17. The van der Waals surface area contributed by atoms with E-state index in [4.69, 9.17) is 11.6 Å². The van der Waals surface area contributed by atoms with Crippen LogP contribution in [0.1, 0.15) is 43.4 Å². The Bertz CT molecular complexity index is 401. The minimum atomic E-state index is -0.101. The fourth-order valence-corrected chi connectivity index (χ4v) is 2.10. The first-order valence-electron chi connectivity index (χ1n) is 6.37. The van der Waals surface area contributed by atoms with Crippen molar-refractivity contribution < 1.29 is 4.79 Å². The maximum Gasteiger partial charge on any atom is 0.269 e. The summed E-state index contributed by atoms with van der Waals surface area (Å²) >= 11 is 5.88. The zero-order chi connectivity index (χ0) is 13.7. The molecule has 0 aliphatic heterocycles. The highest BCUT2D eigenvalue weighted by atomic mass is 35.5. The van der Waals surface area contributed by atoms with Crippen LogP contribution in [0.15, 0.2) is 6.07 Å². The van der Waals surface area contributed by atoms with E-state index in [9.17, 15) is 4.79 Å². The van der Waals surface area contributed by atoms with Crippen molar-refractivity contribution in [3.05, 3.63) is 17.5 Å². The summed E-state index contributed by atoms with van der Waals surface area (Å²) in [6.07, 6.45) is 1.71. The Morgan fingerprint density at radius 2 is 2.22 bits per heavy atom. The summed E-state index contributed by atoms with van der Waals surface area (Å²) in [4.78, 5) is 12.1. The van der Waals surface area contributed by atoms with E-state index in [0.717, 1.165) is 18.5 Å².